The van der Waals surface area contributed by atoms with E-state index in [9.17, 15) is 4.79 Å². The molecule has 1 aromatic rings. The van der Waals surface area contributed by atoms with E-state index in [1.807, 2.05) is 24.3 Å². The molecule has 1 aromatic carbocycles. The van der Waals surface area contributed by atoms with Crippen LogP contribution in [0, 0.1) is 5.92 Å². The highest BCUT2D eigenvalue weighted by Crippen LogP contribution is 2.13. The number of hydrogen-bond acceptors (Lipinski definition) is 3. The Hall–Kier alpha value is -0.870. The normalized spacial score (nSPS) is 15.6. The van der Waals surface area contributed by atoms with Crippen LogP contribution in [0.3, 0.4) is 0 Å². The fourth-order valence-corrected chi connectivity index (χ4v) is 1.80. The minimum absolute atomic E-state index is 0.102. The van der Waals surface area contributed by atoms with Crippen molar-refractivity contribution in [3.63, 3.8) is 0 Å². The van der Waals surface area contributed by atoms with Gasteiger partial charge < -0.3 is 10.1 Å². The summed E-state index contributed by atoms with van der Waals surface area (Å²) in [6, 6.07) is 7.78. The summed E-state index contributed by atoms with van der Waals surface area (Å²) in [4.78, 5) is 11.4. The average Bonchev–Trinajstić information content (AvgIpc) is 2.23. The second-order valence-electron chi connectivity index (χ2n) is 4.02. The van der Waals surface area contributed by atoms with Crippen LogP contribution in [-0.4, -0.2) is 19.1 Å². The molecule has 1 fully saturated rings. The molecule has 3 nitrogen and oxygen atoms in total. The fraction of sp³-hybridized carbons (Fsp3) is 0.417. The highest BCUT2D eigenvalue weighted by atomic mass is 79.9. The van der Waals surface area contributed by atoms with E-state index in [0.29, 0.717) is 18.9 Å². The minimum atomic E-state index is -0.102. The van der Waals surface area contributed by atoms with Gasteiger partial charge in [-0.05, 0) is 36.7 Å². The number of hydrogen-bond donors (Lipinski definition) is 1. The predicted octanol–water partition coefficient (Wildman–Crippen LogP) is 2.10. The Morgan fingerprint density at radius 2 is 2.06 bits per heavy atom. The van der Waals surface area contributed by atoms with Crippen LogP contribution >= 0.6 is 15.9 Å². The number of carbonyl (C=O) groups is 1. The quantitative estimate of drug-likeness (QED) is 0.860. The Labute approximate surface area is 103 Å². The maximum absolute atomic E-state index is 11.4. The lowest BCUT2D eigenvalue weighted by molar-refractivity contribution is -0.146. The van der Waals surface area contributed by atoms with E-state index in [4.69, 9.17) is 4.74 Å². The molecule has 0 aromatic heterocycles. The number of nitrogens with one attached hydrogen (secondary N) is 1. The van der Waals surface area contributed by atoms with Crippen LogP contribution in [-0.2, 0) is 16.1 Å². The summed E-state index contributed by atoms with van der Waals surface area (Å²) < 4.78 is 6.22. The first-order chi connectivity index (χ1) is 7.74. The number of carbonyl (C=O) groups excluding carboxylic acids is 1. The van der Waals surface area contributed by atoms with E-state index in [1.165, 1.54) is 0 Å². The maximum atomic E-state index is 11.4. The molecule has 1 aliphatic rings. The van der Waals surface area contributed by atoms with Gasteiger partial charge in [-0.2, -0.15) is 0 Å². The SMILES string of the molecule is O=C(CC1CNC1)OCc1ccc(Br)cc1. The molecule has 0 spiro atoms. The highest BCUT2D eigenvalue weighted by Gasteiger charge is 2.20. The van der Waals surface area contributed by atoms with Crippen LogP contribution in [0.2, 0.25) is 0 Å². The van der Waals surface area contributed by atoms with Gasteiger partial charge in [-0.15, -0.1) is 0 Å². The van der Waals surface area contributed by atoms with Crippen molar-refractivity contribution >= 4 is 21.9 Å². The lowest BCUT2D eigenvalue weighted by atomic mass is 10.00. The van der Waals surface area contributed by atoms with Crippen molar-refractivity contribution in [1.29, 1.82) is 0 Å². The Morgan fingerprint density at radius 3 is 2.62 bits per heavy atom. The third-order valence-electron chi connectivity index (χ3n) is 2.63. The number of rotatable bonds is 4. The Kier molecular flexibility index (Phi) is 3.96. The number of ether oxygens (including phenoxy) is 1. The van der Waals surface area contributed by atoms with Gasteiger partial charge in [0.15, 0.2) is 0 Å². The molecule has 16 heavy (non-hydrogen) atoms. The molecule has 0 aliphatic carbocycles. The fourth-order valence-electron chi connectivity index (χ4n) is 1.53. The Morgan fingerprint density at radius 1 is 1.38 bits per heavy atom. The second kappa shape index (κ2) is 5.46. The highest BCUT2D eigenvalue weighted by molar-refractivity contribution is 9.10. The van der Waals surface area contributed by atoms with E-state index < -0.39 is 0 Å². The second-order valence-corrected chi connectivity index (χ2v) is 4.93. The standard InChI is InChI=1S/C12H14BrNO2/c13-11-3-1-9(2-4-11)8-16-12(15)5-10-6-14-7-10/h1-4,10,14H,5-8H2. The first-order valence-electron chi connectivity index (χ1n) is 5.35. The van der Waals surface area contributed by atoms with Gasteiger partial charge in [0.25, 0.3) is 0 Å². The van der Waals surface area contributed by atoms with Crippen molar-refractivity contribution in [3.05, 3.63) is 34.3 Å². The Bertz CT molecular complexity index is 360. The molecule has 0 amide bonds. The monoisotopic (exact) mass is 283 g/mol. The van der Waals surface area contributed by atoms with E-state index >= 15 is 0 Å². The third kappa shape index (κ3) is 3.32. The van der Waals surface area contributed by atoms with Crippen molar-refractivity contribution in [3.8, 4) is 0 Å². The Balaban J connectivity index is 1.73. The van der Waals surface area contributed by atoms with Crippen LogP contribution in [0.5, 0.6) is 0 Å². The summed E-state index contributed by atoms with van der Waals surface area (Å²) in [5.41, 5.74) is 1.02. The summed E-state index contributed by atoms with van der Waals surface area (Å²) in [6.07, 6.45) is 0.531. The summed E-state index contributed by atoms with van der Waals surface area (Å²) in [5, 5.41) is 3.13. The lowest BCUT2D eigenvalue weighted by Crippen LogP contribution is -2.43. The molecule has 0 saturated carbocycles. The van der Waals surface area contributed by atoms with Crippen molar-refractivity contribution in [2.75, 3.05) is 13.1 Å². The molecular formula is C12H14BrNO2. The van der Waals surface area contributed by atoms with Crippen LogP contribution in [0.1, 0.15) is 12.0 Å². The van der Waals surface area contributed by atoms with Gasteiger partial charge >= 0.3 is 5.97 Å². The number of benzene rings is 1. The first kappa shape index (κ1) is 11.6. The summed E-state index contributed by atoms with van der Waals surface area (Å²) >= 11 is 3.36. The van der Waals surface area contributed by atoms with Crippen LogP contribution in [0.25, 0.3) is 0 Å². The number of esters is 1. The van der Waals surface area contributed by atoms with E-state index in [1.54, 1.807) is 0 Å². The topological polar surface area (TPSA) is 38.3 Å². The molecule has 0 atom stereocenters. The van der Waals surface area contributed by atoms with Gasteiger partial charge in [0.2, 0.25) is 0 Å². The number of halogens is 1. The molecule has 0 bridgehead atoms. The maximum Gasteiger partial charge on any atom is 0.306 e. The molecule has 0 unspecified atom stereocenters. The minimum Gasteiger partial charge on any atom is -0.461 e. The molecule has 2 rings (SSSR count). The molecule has 1 saturated heterocycles. The summed E-state index contributed by atoms with van der Waals surface area (Å²) in [6.45, 7) is 2.24. The van der Waals surface area contributed by atoms with Crippen molar-refractivity contribution in [2.24, 2.45) is 5.92 Å². The molecule has 1 heterocycles. The first-order valence-corrected chi connectivity index (χ1v) is 6.14. The van der Waals surface area contributed by atoms with Crippen molar-refractivity contribution in [1.82, 2.24) is 5.32 Å². The van der Waals surface area contributed by atoms with Crippen molar-refractivity contribution in [2.45, 2.75) is 13.0 Å². The molecule has 1 aliphatic heterocycles. The van der Waals surface area contributed by atoms with Gasteiger partial charge in [0.1, 0.15) is 6.61 Å². The molecule has 86 valence electrons. The zero-order valence-corrected chi connectivity index (χ0v) is 10.5. The smallest absolute Gasteiger partial charge is 0.306 e. The largest absolute Gasteiger partial charge is 0.461 e. The van der Waals surface area contributed by atoms with Gasteiger partial charge in [0, 0.05) is 4.47 Å². The van der Waals surface area contributed by atoms with Crippen LogP contribution in [0.15, 0.2) is 28.7 Å². The van der Waals surface area contributed by atoms with Gasteiger partial charge in [-0.3, -0.25) is 4.79 Å². The van der Waals surface area contributed by atoms with E-state index in [-0.39, 0.29) is 5.97 Å². The van der Waals surface area contributed by atoms with Crippen LogP contribution in [0.4, 0.5) is 0 Å². The predicted molar refractivity (Wildman–Crippen MR) is 64.9 cm³/mol. The molecular weight excluding hydrogens is 270 g/mol. The molecule has 0 radical (unpaired) electrons. The zero-order chi connectivity index (χ0) is 11.4. The van der Waals surface area contributed by atoms with Gasteiger partial charge in [-0.1, -0.05) is 28.1 Å². The molecule has 4 heteroatoms. The van der Waals surface area contributed by atoms with E-state index in [0.717, 1.165) is 23.1 Å². The third-order valence-corrected chi connectivity index (χ3v) is 3.16. The average molecular weight is 284 g/mol. The van der Waals surface area contributed by atoms with Crippen LogP contribution < -0.4 is 5.32 Å². The van der Waals surface area contributed by atoms with Gasteiger partial charge in [0.05, 0.1) is 6.42 Å². The summed E-state index contributed by atoms with van der Waals surface area (Å²) in [5.74, 6) is 0.367. The lowest BCUT2D eigenvalue weighted by Gasteiger charge is -2.25. The van der Waals surface area contributed by atoms with E-state index in [2.05, 4.69) is 21.2 Å². The summed E-state index contributed by atoms with van der Waals surface area (Å²) in [7, 11) is 0. The molecule has 1 N–H and O–H groups in total. The van der Waals surface area contributed by atoms with Crippen molar-refractivity contribution < 1.29 is 9.53 Å². The van der Waals surface area contributed by atoms with Gasteiger partial charge in [-0.25, -0.2) is 0 Å². The zero-order valence-electron chi connectivity index (χ0n) is 8.91.